The summed E-state index contributed by atoms with van der Waals surface area (Å²) in [6, 6.07) is 12.3. The van der Waals surface area contributed by atoms with Crippen molar-refractivity contribution in [3.05, 3.63) is 58.3 Å². The Balaban J connectivity index is 2.05. The van der Waals surface area contributed by atoms with Crippen LogP contribution in [0.3, 0.4) is 0 Å². The molecule has 0 aliphatic heterocycles. The third-order valence-electron chi connectivity index (χ3n) is 2.46. The number of anilines is 1. The maximum absolute atomic E-state index is 5.89. The number of nitrogen functional groups attached to an aromatic ring is 1. The van der Waals surface area contributed by atoms with Crippen LogP contribution in [-0.4, -0.2) is 4.98 Å². The average Bonchev–Trinajstić information content (AvgIpc) is 2.29. The van der Waals surface area contributed by atoms with E-state index in [4.69, 9.17) is 5.73 Å². The van der Waals surface area contributed by atoms with Gasteiger partial charge in [-0.05, 0) is 40.4 Å². The highest BCUT2D eigenvalue weighted by Gasteiger charge is 2.02. The molecular weight excluding hydrogens is 264 g/mol. The molecule has 0 fully saturated rings. The fourth-order valence-corrected chi connectivity index (χ4v) is 1.95. The Hall–Kier alpha value is -1.35. The number of hydrogen-bond donors (Lipinski definition) is 1. The van der Waals surface area contributed by atoms with Gasteiger partial charge in [-0.3, -0.25) is 4.98 Å². The summed E-state index contributed by atoms with van der Waals surface area (Å²) in [5, 5.41) is 0. The summed E-state index contributed by atoms with van der Waals surface area (Å²) in [5.41, 5.74) is 8.92. The molecule has 2 nitrogen and oxygen atoms in total. The number of hydrogen-bond acceptors (Lipinski definition) is 2. The molecule has 3 heteroatoms. The van der Waals surface area contributed by atoms with Crippen LogP contribution < -0.4 is 5.73 Å². The maximum atomic E-state index is 5.89. The average molecular weight is 277 g/mol. The highest BCUT2D eigenvalue weighted by atomic mass is 79.9. The minimum atomic E-state index is 0.755. The molecule has 0 bridgehead atoms. The summed E-state index contributed by atoms with van der Waals surface area (Å²) in [6.07, 6.45) is 3.64. The highest BCUT2D eigenvalue weighted by Crippen LogP contribution is 2.17. The van der Waals surface area contributed by atoms with Crippen LogP contribution >= 0.6 is 15.9 Å². The van der Waals surface area contributed by atoms with Crippen molar-refractivity contribution in [1.82, 2.24) is 4.98 Å². The monoisotopic (exact) mass is 276 g/mol. The quantitative estimate of drug-likeness (QED) is 0.935. The van der Waals surface area contributed by atoms with E-state index < -0.39 is 0 Å². The van der Waals surface area contributed by atoms with Gasteiger partial charge in [-0.15, -0.1) is 0 Å². The van der Waals surface area contributed by atoms with Crippen LogP contribution in [0.1, 0.15) is 11.3 Å². The molecule has 0 amide bonds. The Kier molecular flexibility index (Phi) is 3.57. The Bertz CT molecular complexity index is 469. The summed E-state index contributed by atoms with van der Waals surface area (Å²) < 4.78 is 0.925. The molecule has 0 saturated carbocycles. The van der Waals surface area contributed by atoms with Crippen LogP contribution in [0.5, 0.6) is 0 Å². The molecule has 2 aromatic rings. The van der Waals surface area contributed by atoms with E-state index in [1.54, 1.807) is 6.20 Å². The Morgan fingerprint density at radius 3 is 2.56 bits per heavy atom. The normalized spacial score (nSPS) is 10.3. The molecule has 0 aliphatic carbocycles. The molecule has 1 aromatic heterocycles. The van der Waals surface area contributed by atoms with Gasteiger partial charge in [-0.2, -0.15) is 0 Å². The zero-order valence-electron chi connectivity index (χ0n) is 8.86. The second-order valence-electron chi connectivity index (χ2n) is 3.68. The molecule has 16 heavy (non-hydrogen) atoms. The van der Waals surface area contributed by atoms with Crippen molar-refractivity contribution >= 4 is 21.6 Å². The Labute approximate surface area is 104 Å². The van der Waals surface area contributed by atoms with E-state index in [9.17, 15) is 0 Å². The molecule has 82 valence electrons. The zero-order valence-corrected chi connectivity index (χ0v) is 10.4. The van der Waals surface area contributed by atoms with Crippen molar-refractivity contribution in [2.45, 2.75) is 12.8 Å². The van der Waals surface area contributed by atoms with Crippen molar-refractivity contribution in [3.8, 4) is 0 Å². The number of nitrogens with two attached hydrogens (primary N) is 1. The van der Waals surface area contributed by atoms with Gasteiger partial charge in [0.2, 0.25) is 0 Å². The third-order valence-corrected chi connectivity index (χ3v) is 2.90. The second kappa shape index (κ2) is 5.12. The van der Waals surface area contributed by atoms with Gasteiger partial charge in [0.25, 0.3) is 0 Å². The minimum absolute atomic E-state index is 0.755. The highest BCUT2D eigenvalue weighted by molar-refractivity contribution is 9.10. The number of pyridine rings is 1. The third kappa shape index (κ3) is 2.83. The topological polar surface area (TPSA) is 38.9 Å². The zero-order chi connectivity index (χ0) is 11.4. The molecule has 0 spiro atoms. The van der Waals surface area contributed by atoms with Gasteiger partial charge in [-0.25, -0.2) is 0 Å². The van der Waals surface area contributed by atoms with E-state index >= 15 is 0 Å². The molecule has 0 saturated heterocycles. The van der Waals surface area contributed by atoms with Crippen molar-refractivity contribution in [3.63, 3.8) is 0 Å². The van der Waals surface area contributed by atoms with Crippen LogP contribution in [0, 0.1) is 0 Å². The first-order valence-corrected chi connectivity index (χ1v) is 5.99. The van der Waals surface area contributed by atoms with E-state index in [1.165, 1.54) is 5.56 Å². The van der Waals surface area contributed by atoms with Gasteiger partial charge in [0.15, 0.2) is 0 Å². The van der Waals surface area contributed by atoms with Crippen LogP contribution in [-0.2, 0) is 12.8 Å². The Morgan fingerprint density at radius 2 is 1.88 bits per heavy atom. The lowest BCUT2D eigenvalue weighted by Crippen LogP contribution is -2.00. The van der Waals surface area contributed by atoms with Crippen molar-refractivity contribution in [2.75, 3.05) is 5.73 Å². The van der Waals surface area contributed by atoms with E-state index in [1.807, 2.05) is 24.3 Å². The SMILES string of the molecule is Nc1cc(Br)cnc1CCc1ccccc1. The van der Waals surface area contributed by atoms with E-state index in [0.29, 0.717) is 0 Å². The van der Waals surface area contributed by atoms with Gasteiger partial charge in [0, 0.05) is 10.7 Å². The standard InChI is InChI=1S/C13H13BrN2/c14-11-8-12(15)13(16-9-11)7-6-10-4-2-1-3-5-10/h1-5,8-9H,6-7,15H2. The number of halogens is 1. The predicted molar refractivity (Wildman–Crippen MR) is 70.2 cm³/mol. The fourth-order valence-electron chi connectivity index (χ4n) is 1.60. The molecule has 1 aromatic carbocycles. The number of nitrogens with zero attached hydrogens (tertiary/aromatic N) is 1. The van der Waals surface area contributed by atoms with Crippen molar-refractivity contribution in [1.29, 1.82) is 0 Å². The second-order valence-corrected chi connectivity index (χ2v) is 4.59. The van der Waals surface area contributed by atoms with Crippen LogP contribution in [0.2, 0.25) is 0 Å². The lowest BCUT2D eigenvalue weighted by atomic mass is 10.1. The molecule has 0 radical (unpaired) electrons. The van der Waals surface area contributed by atoms with Crippen LogP contribution in [0.4, 0.5) is 5.69 Å². The molecular formula is C13H13BrN2. The number of benzene rings is 1. The molecule has 2 rings (SSSR count). The summed E-state index contributed by atoms with van der Waals surface area (Å²) in [4.78, 5) is 4.32. The molecule has 0 aliphatic rings. The predicted octanol–water partition coefficient (Wildman–Crippen LogP) is 3.21. The number of aryl methyl sites for hydroxylation is 2. The van der Waals surface area contributed by atoms with Crippen molar-refractivity contribution < 1.29 is 0 Å². The number of aromatic nitrogens is 1. The number of rotatable bonds is 3. The molecule has 2 N–H and O–H groups in total. The first-order valence-electron chi connectivity index (χ1n) is 5.19. The minimum Gasteiger partial charge on any atom is -0.397 e. The molecule has 0 unspecified atom stereocenters. The first-order chi connectivity index (χ1) is 7.75. The van der Waals surface area contributed by atoms with Gasteiger partial charge < -0.3 is 5.73 Å². The molecule has 1 heterocycles. The van der Waals surface area contributed by atoms with Crippen molar-refractivity contribution in [2.24, 2.45) is 0 Å². The van der Waals surface area contributed by atoms with Crippen LogP contribution in [0.25, 0.3) is 0 Å². The van der Waals surface area contributed by atoms with E-state index in [0.717, 1.165) is 28.7 Å². The lowest BCUT2D eigenvalue weighted by Gasteiger charge is -2.05. The smallest absolute Gasteiger partial charge is 0.0636 e. The fraction of sp³-hybridized carbons (Fsp3) is 0.154. The van der Waals surface area contributed by atoms with Gasteiger partial charge in [0.1, 0.15) is 0 Å². The van der Waals surface area contributed by atoms with Gasteiger partial charge in [-0.1, -0.05) is 30.3 Å². The maximum Gasteiger partial charge on any atom is 0.0636 e. The van der Waals surface area contributed by atoms with Crippen LogP contribution in [0.15, 0.2) is 47.1 Å². The lowest BCUT2D eigenvalue weighted by molar-refractivity contribution is 0.916. The summed E-state index contributed by atoms with van der Waals surface area (Å²) in [7, 11) is 0. The van der Waals surface area contributed by atoms with E-state index in [-0.39, 0.29) is 0 Å². The van der Waals surface area contributed by atoms with Gasteiger partial charge in [0.05, 0.1) is 11.4 Å². The first kappa shape index (κ1) is 11.1. The summed E-state index contributed by atoms with van der Waals surface area (Å²) in [6.45, 7) is 0. The Morgan fingerprint density at radius 1 is 1.12 bits per heavy atom. The summed E-state index contributed by atoms with van der Waals surface area (Å²) in [5.74, 6) is 0. The van der Waals surface area contributed by atoms with E-state index in [2.05, 4.69) is 33.0 Å². The molecule has 0 atom stereocenters. The summed E-state index contributed by atoms with van der Waals surface area (Å²) >= 11 is 3.35. The largest absolute Gasteiger partial charge is 0.397 e. The van der Waals surface area contributed by atoms with Gasteiger partial charge >= 0.3 is 0 Å².